The van der Waals surface area contributed by atoms with E-state index >= 15 is 0 Å². The highest BCUT2D eigenvalue weighted by Gasteiger charge is 2.07. The first-order valence-corrected chi connectivity index (χ1v) is 6.25. The summed E-state index contributed by atoms with van der Waals surface area (Å²) >= 11 is 0. The monoisotopic (exact) mass is 262 g/mol. The van der Waals surface area contributed by atoms with E-state index in [-0.39, 0.29) is 12.7 Å². The minimum atomic E-state index is -4.45. The molecule has 0 aliphatic rings. The molecule has 0 spiro atoms. The molecule has 1 aromatic rings. The molecule has 1 N–H and O–H groups in total. The van der Waals surface area contributed by atoms with Gasteiger partial charge in [-0.05, 0) is 19.1 Å². The average molecular weight is 262 g/mol. The van der Waals surface area contributed by atoms with Crippen LogP contribution in [0.1, 0.15) is 6.92 Å². The lowest BCUT2D eigenvalue weighted by atomic mass is 10.3. The van der Waals surface area contributed by atoms with Crippen molar-refractivity contribution in [2.24, 2.45) is 0 Å². The molecule has 1 rings (SSSR count). The van der Waals surface area contributed by atoms with Crippen molar-refractivity contribution in [2.45, 2.75) is 13.0 Å². The van der Waals surface area contributed by atoms with Crippen LogP contribution in [0.5, 0.6) is 5.75 Å². The van der Waals surface area contributed by atoms with Gasteiger partial charge in [0.1, 0.15) is 12.4 Å². The Balaban J connectivity index is 2.20. The zero-order valence-electron chi connectivity index (χ0n) is 9.28. The maximum absolute atomic E-state index is 10.2. The van der Waals surface area contributed by atoms with Gasteiger partial charge in [-0.25, -0.2) is 4.18 Å². The molecule has 96 valence electrons. The van der Waals surface area contributed by atoms with Gasteiger partial charge in [0, 0.05) is 0 Å². The van der Waals surface area contributed by atoms with Gasteiger partial charge in [0.2, 0.25) is 0 Å². The van der Waals surface area contributed by atoms with E-state index in [9.17, 15) is 8.42 Å². The predicted octanol–water partition coefficient (Wildman–Crippen LogP) is 1.25. The Morgan fingerprint density at radius 2 is 1.94 bits per heavy atom. The van der Waals surface area contributed by atoms with Crippen LogP contribution in [0.3, 0.4) is 0 Å². The lowest BCUT2D eigenvalue weighted by molar-refractivity contribution is -0.0453. The van der Waals surface area contributed by atoms with Gasteiger partial charge < -0.3 is 9.47 Å². The van der Waals surface area contributed by atoms with Crippen molar-refractivity contribution in [3.8, 4) is 5.75 Å². The van der Waals surface area contributed by atoms with E-state index in [0.29, 0.717) is 5.75 Å². The molecule has 0 heterocycles. The molecule has 0 saturated carbocycles. The molecule has 0 radical (unpaired) electrons. The zero-order valence-corrected chi connectivity index (χ0v) is 10.1. The fraction of sp³-hybridized carbons (Fsp3) is 0.400. The van der Waals surface area contributed by atoms with Gasteiger partial charge in [-0.3, -0.25) is 4.55 Å². The van der Waals surface area contributed by atoms with Gasteiger partial charge in [-0.15, -0.1) is 0 Å². The van der Waals surface area contributed by atoms with E-state index in [1.807, 2.05) is 18.2 Å². The smallest absolute Gasteiger partial charge is 0.399 e. The lowest BCUT2D eigenvalue weighted by Gasteiger charge is -2.13. The second-order valence-electron chi connectivity index (χ2n) is 3.26. The highest BCUT2D eigenvalue weighted by Crippen LogP contribution is 2.09. The van der Waals surface area contributed by atoms with E-state index in [1.165, 1.54) is 0 Å². The van der Waals surface area contributed by atoms with Gasteiger partial charge in [0.15, 0.2) is 6.79 Å². The van der Waals surface area contributed by atoms with E-state index < -0.39 is 17.2 Å². The lowest BCUT2D eigenvalue weighted by Crippen LogP contribution is -2.20. The third-order valence-corrected chi connectivity index (χ3v) is 2.17. The van der Waals surface area contributed by atoms with E-state index in [2.05, 4.69) is 4.18 Å². The second-order valence-corrected chi connectivity index (χ2v) is 4.36. The molecule has 6 nitrogen and oxygen atoms in total. The van der Waals surface area contributed by atoms with E-state index in [4.69, 9.17) is 14.0 Å². The van der Waals surface area contributed by atoms with Gasteiger partial charge in [-0.1, -0.05) is 18.2 Å². The van der Waals surface area contributed by atoms with Gasteiger partial charge in [0.05, 0.1) is 6.10 Å². The van der Waals surface area contributed by atoms with Gasteiger partial charge >= 0.3 is 10.4 Å². The minimum absolute atomic E-state index is 0.249. The van der Waals surface area contributed by atoms with Crippen molar-refractivity contribution >= 4 is 10.4 Å². The van der Waals surface area contributed by atoms with Gasteiger partial charge in [-0.2, -0.15) is 8.42 Å². The number of para-hydroxylation sites is 1. The maximum atomic E-state index is 10.2. The third kappa shape index (κ3) is 6.90. The SMILES string of the molecule is CC(COc1ccccc1)OCOS(=O)(=O)O. The van der Waals surface area contributed by atoms with Crippen LogP contribution >= 0.6 is 0 Å². The molecule has 0 aliphatic carbocycles. The summed E-state index contributed by atoms with van der Waals surface area (Å²) in [6.07, 6.45) is -0.364. The summed E-state index contributed by atoms with van der Waals surface area (Å²) in [6.45, 7) is 1.40. The Labute approximate surface area is 100 Å². The molecule has 1 unspecified atom stereocenters. The number of benzene rings is 1. The molecule has 1 aromatic carbocycles. The molecule has 0 fully saturated rings. The standard InChI is InChI=1S/C10H14O6S/c1-9(15-8-16-17(11,12)13)7-14-10-5-3-2-4-6-10/h2-6,9H,7-8H2,1H3,(H,11,12,13). The predicted molar refractivity (Wildman–Crippen MR) is 60.0 cm³/mol. The summed E-state index contributed by atoms with van der Waals surface area (Å²) in [4.78, 5) is 0. The van der Waals surface area contributed by atoms with Crippen LogP contribution in [0.15, 0.2) is 30.3 Å². The number of hydrogen-bond donors (Lipinski definition) is 1. The van der Waals surface area contributed by atoms with E-state index in [0.717, 1.165) is 0 Å². The molecule has 0 aromatic heterocycles. The van der Waals surface area contributed by atoms with E-state index in [1.54, 1.807) is 19.1 Å². The molecule has 7 heteroatoms. The number of rotatable bonds is 7. The van der Waals surface area contributed by atoms with Crippen molar-refractivity contribution in [1.29, 1.82) is 0 Å². The summed E-state index contributed by atoms with van der Waals surface area (Å²) in [7, 11) is -4.45. The van der Waals surface area contributed by atoms with Crippen LogP contribution in [0, 0.1) is 0 Å². The highest BCUT2D eigenvalue weighted by atomic mass is 32.3. The van der Waals surface area contributed by atoms with Crippen molar-refractivity contribution in [2.75, 3.05) is 13.4 Å². The average Bonchev–Trinajstić information content (AvgIpc) is 2.26. The first-order valence-electron chi connectivity index (χ1n) is 4.88. The Bertz CT molecular complexity index is 416. The normalized spacial score (nSPS) is 13.3. The van der Waals surface area contributed by atoms with Crippen LogP contribution in [-0.2, 0) is 19.3 Å². The number of hydrogen-bond acceptors (Lipinski definition) is 5. The van der Waals surface area contributed by atoms with Crippen LogP contribution in [0.2, 0.25) is 0 Å². The third-order valence-electron chi connectivity index (χ3n) is 1.78. The Morgan fingerprint density at radius 1 is 1.29 bits per heavy atom. The first-order chi connectivity index (χ1) is 7.97. The number of ether oxygens (including phenoxy) is 2. The molecule has 0 saturated heterocycles. The molecular weight excluding hydrogens is 248 g/mol. The molecule has 0 amide bonds. The van der Waals surface area contributed by atoms with Crippen LogP contribution < -0.4 is 4.74 Å². The molecule has 0 aliphatic heterocycles. The topological polar surface area (TPSA) is 82.1 Å². The quantitative estimate of drug-likeness (QED) is 0.588. The summed E-state index contributed by atoms with van der Waals surface area (Å²) in [5, 5.41) is 0. The molecule has 0 bridgehead atoms. The second kappa shape index (κ2) is 6.55. The van der Waals surface area contributed by atoms with Crippen LogP contribution in [0.25, 0.3) is 0 Å². The van der Waals surface area contributed by atoms with Crippen LogP contribution in [-0.4, -0.2) is 32.5 Å². The van der Waals surface area contributed by atoms with Crippen molar-refractivity contribution < 1.29 is 26.6 Å². The maximum Gasteiger partial charge on any atom is 0.399 e. The van der Waals surface area contributed by atoms with Crippen molar-refractivity contribution in [3.05, 3.63) is 30.3 Å². The van der Waals surface area contributed by atoms with Crippen molar-refractivity contribution in [1.82, 2.24) is 0 Å². The van der Waals surface area contributed by atoms with Crippen LogP contribution in [0.4, 0.5) is 0 Å². The largest absolute Gasteiger partial charge is 0.491 e. The fourth-order valence-corrected chi connectivity index (χ4v) is 1.16. The summed E-state index contributed by atoms with van der Waals surface area (Å²) in [5.41, 5.74) is 0. The van der Waals surface area contributed by atoms with Gasteiger partial charge in [0.25, 0.3) is 0 Å². The fourth-order valence-electron chi connectivity index (χ4n) is 0.983. The Hall–Kier alpha value is -1.15. The summed E-state index contributed by atoms with van der Waals surface area (Å²) in [6, 6.07) is 9.13. The molecular formula is C10H14O6S. The Kier molecular flexibility index (Phi) is 5.36. The summed E-state index contributed by atoms with van der Waals surface area (Å²) in [5.74, 6) is 0.693. The molecule has 17 heavy (non-hydrogen) atoms. The molecule has 1 atom stereocenters. The Morgan fingerprint density at radius 3 is 2.53 bits per heavy atom. The summed E-state index contributed by atoms with van der Waals surface area (Å²) < 4.78 is 43.0. The first kappa shape index (κ1) is 13.9. The highest BCUT2D eigenvalue weighted by molar-refractivity contribution is 7.80. The van der Waals surface area contributed by atoms with Crippen molar-refractivity contribution in [3.63, 3.8) is 0 Å². The minimum Gasteiger partial charge on any atom is -0.491 e. The zero-order chi connectivity index (χ0) is 12.7.